The van der Waals surface area contributed by atoms with Gasteiger partial charge in [-0.25, -0.2) is 0 Å². The Morgan fingerprint density at radius 3 is 2.81 bits per heavy atom. The minimum Gasteiger partial charge on any atom is -0.491 e. The molecule has 6 heteroatoms. The van der Waals surface area contributed by atoms with Crippen LogP contribution in [0.15, 0.2) is 48.5 Å². The van der Waals surface area contributed by atoms with E-state index in [0.29, 0.717) is 5.75 Å². The molecular weight excluding hydrogens is 330 g/mol. The van der Waals surface area contributed by atoms with E-state index in [1.54, 1.807) is 12.1 Å². The van der Waals surface area contributed by atoms with Crippen molar-refractivity contribution in [1.82, 2.24) is 5.32 Å². The summed E-state index contributed by atoms with van der Waals surface area (Å²) in [6.07, 6.45) is 0.778. The van der Waals surface area contributed by atoms with Crippen LogP contribution >= 0.6 is 0 Å². The van der Waals surface area contributed by atoms with E-state index >= 15 is 0 Å². The second kappa shape index (κ2) is 6.97. The first-order valence-electron chi connectivity index (χ1n) is 8.92. The van der Waals surface area contributed by atoms with Gasteiger partial charge in [0.1, 0.15) is 12.4 Å². The van der Waals surface area contributed by atoms with Crippen LogP contribution in [0.3, 0.4) is 0 Å². The van der Waals surface area contributed by atoms with Gasteiger partial charge in [0.25, 0.3) is 0 Å². The Labute approximate surface area is 152 Å². The molecule has 1 amide bonds. The Kier molecular flexibility index (Phi) is 4.53. The van der Waals surface area contributed by atoms with Crippen LogP contribution in [0, 0.1) is 0 Å². The number of carbonyl (C=O) groups excluding carboxylic acids is 1. The molecule has 2 unspecified atom stereocenters. The number of hydrogen-bond donors (Lipinski definition) is 4. The molecule has 2 heterocycles. The van der Waals surface area contributed by atoms with Gasteiger partial charge in [0, 0.05) is 29.9 Å². The normalized spacial score (nSPS) is 23.5. The minimum atomic E-state index is -0.215. The van der Waals surface area contributed by atoms with Gasteiger partial charge in [0.05, 0.1) is 12.6 Å². The third kappa shape index (κ3) is 3.13. The maximum atomic E-state index is 12.7. The number of amides is 1. The lowest BCUT2D eigenvalue weighted by Crippen LogP contribution is -2.35. The van der Waals surface area contributed by atoms with Crippen molar-refractivity contribution in [3.05, 3.63) is 54.1 Å². The fourth-order valence-corrected chi connectivity index (χ4v) is 3.87. The SMILES string of the molecule is O=C(Nc1ccc(OCCO)cc1)C1CC2(CNc3ccccc32)CN1. The molecule has 4 rings (SSSR count). The van der Waals surface area contributed by atoms with Crippen molar-refractivity contribution >= 4 is 17.3 Å². The third-order valence-electron chi connectivity index (χ3n) is 5.20. The van der Waals surface area contributed by atoms with Gasteiger partial charge in [-0.1, -0.05) is 18.2 Å². The van der Waals surface area contributed by atoms with Gasteiger partial charge in [0.2, 0.25) is 5.91 Å². The van der Waals surface area contributed by atoms with E-state index in [4.69, 9.17) is 9.84 Å². The van der Waals surface area contributed by atoms with E-state index in [0.717, 1.165) is 25.2 Å². The van der Waals surface area contributed by atoms with Crippen molar-refractivity contribution < 1.29 is 14.6 Å². The summed E-state index contributed by atoms with van der Waals surface area (Å²) in [4.78, 5) is 12.7. The quantitative estimate of drug-likeness (QED) is 0.658. The number of hydrogen-bond acceptors (Lipinski definition) is 5. The highest BCUT2D eigenvalue weighted by atomic mass is 16.5. The second-order valence-corrected chi connectivity index (χ2v) is 6.90. The molecule has 1 spiro atoms. The number of fused-ring (bicyclic) bond motifs is 2. The highest BCUT2D eigenvalue weighted by Gasteiger charge is 2.46. The summed E-state index contributed by atoms with van der Waals surface area (Å²) in [6.45, 7) is 1.89. The molecule has 2 aromatic rings. The van der Waals surface area contributed by atoms with E-state index in [2.05, 4.69) is 34.1 Å². The maximum Gasteiger partial charge on any atom is 0.241 e. The molecule has 2 aromatic carbocycles. The van der Waals surface area contributed by atoms with Gasteiger partial charge in [0.15, 0.2) is 0 Å². The van der Waals surface area contributed by atoms with E-state index in [1.165, 1.54) is 11.3 Å². The number of aliphatic hydroxyl groups excluding tert-OH is 1. The Balaban J connectivity index is 1.39. The van der Waals surface area contributed by atoms with E-state index < -0.39 is 0 Å². The molecule has 0 saturated carbocycles. The number of para-hydroxylation sites is 1. The molecule has 1 saturated heterocycles. The predicted molar refractivity (Wildman–Crippen MR) is 101 cm³/mol. The summed E-state index contributed by atoms with van der Waals surface area (Å²) in [5.41, 5.74) is 3.20. The maximum absolute atomic E-state index is 12.7. The number of benzene rings is 2. The summed E-state index contributed by atoms with van der Waals surface area (Å²) in [5.74, 6) is 0.652. The molecule has 1 fully saturated rings. The Hall–Kier alpha value is -2.57. The Morgan fingerprint density at radius 2 is 2.00 bits per heavy atom. The van der Waals surface area contributed by atoms with Crippen molar-refractivity contribution in [1.29, 1.82) is 0 Å². The van der Waals surface area contributed by atoms with Crippen LogP contribution in [-0.2, 0) is 10.2 Å². The molecule has 2 atom stereocenters. The molecule has 0 radical (unpaired) electrons. The van der Waals surface area contributed by atoms with Crippen LogP contribution in [-0.4, -0.2) is 43.4 Å². The van der Waals surface area contributed by atoms with Gasteiger partial charge in [-0.05, 0) is 42.3 Å². The van der Waals surface area contributed by atoms with Crippen LogP contribution in [0.1, 0.15) is 12.0 Å². The van der Waals surface area contributed by atoms with E-state index in [1.807, 2.05) is 18.2 Å². The summed E-state index contributed by atoms with van der Waals surface area (Å²) < 4.78 is 5.33. The molecule has 0 aromatic heterocycles. The number of anilines is 2. The topological polar surface area (TPSA) is 82.6 Å². The zero-order valence-corrected chi connectivity index (χ0v) is 14.5. The predicted octanol–water partition coefficient (Wildman–Crippen LogP) is 1.72. The molecule has 136 valence electrons. The zero-order valence-electron chi connectivity index (χ0n) is 14.5. The van der Waals surface area contributed by atoms with Crippen LogP contribution < -0.4 is 20.7 Å². The molecular formula is C20H23N3O3. The number of nitrogens with one attached hydrogen (secondary N) is 3. The van der Waals surface area contributed by atoms with Gasteiger partial charge in [-0.3, -0.25) is 4.79 Å². The fourth-order valence-electron chi connectivity index (χ4n) is 3.87. The molecule has 2 aliphatic rings. The van der Waals surface area contributed by atoms with E-state index in [9.17, 15) is 4.79 Å². The van der Waals surface area contributed by atoms with Gasteiger partial charge in [-0.2, -0.15) is 0 Å². The first kappa shape index (κ1) is 16.9. The van der Waals surface area contributed by atoms with Gasteiger partial charge >= 0.3 is 0 Å². The summed E-state index contributed by atoms with van der Waals surface area (Å²) in [5, 5.41) is 18.6. The summed E-state index contributed by atoms with van der Waals surface area (Å²) in [6, 6.07) is 15.3. The molecule has 6 nitrogen and oxygen atoms in total. The zero-order chi connectivity index (χ0) is 18.0. The van der Waals surface area contributed by atoms with Crippen molar-refractivity contribution in [3.8, 4) is 5.75 Å². The number of ether oxygens (including phenoxy) is 1. The van der Waals surface area contributed by atoms with Crippen LogP contribution in [0.4, 0.5) is 11.4 Å². The van der Waals surface area contributed by atoms with Crippen LogP contribution in [0.5, 0.6) is 5.75 Å². The lowest BCUT2D eigenvalue weighted by Gasteiger charge is -2.22. The lowest BCUT2D eigenvalue weighted by molar-refractivity contribution is -0.117. The minimum absolute atomic E-state index is 0.0133. The van der Waals surface area contributed by atoms with E-state index in [-0.39, 0.29) is 30.6 Å². The molecule has 4 N–H and O–H groups in total. The number of carbonyl (C=O) groups is 1. The smallest absolute Gasteiger partial charge is 0.241 e. The number of aliphatic hydroxyl groups is 1. The van der Waals surface area contributed by atoms with Crippen LogP contribution in [0.2, 0.25) is 0 Å². The Morgan fingerprint density at radius 1 is 1.19 bits per heavy atom. The van der Waals surface area contributed by atoms with Crippen molar-refractivity contribution in [2.24, 2.45) is 0 Å². The third-order valence-corrected chi connectivity index (χ3v) is 5.20. The highest BCUT2D eigenvalue weighted by Crippen LogP contribution is 2.42. The molecule has 26 heavy (non-hydrogen) atoms. The second-order valence-electron chi connectivity index (χ2n) is 6.90. The lowest BCUT2D eigenvalue weighted by atomic mass is 9.80. The monoisotopic (exact) mass is 353 g/mol. The van der Waals surface area contributed by atoms with Crippen molar-refractivity contribution in [2.45, 2.75) is 17.9 Å². The first-order valence-corrected chi connectivity index (χ1v) is 8.92. The Bertz CT molecular complexity index is 793. The molecule has 0 aliphatic carbocycles. The molecule has 2 aliphatic heterocycles. The standard InChI is InChI=1S/C20H23N3O3/c24-9-10-26-15-7-5-14(6-8-15)23-19(25)18-11-20(13-22-18)12-21-17-4-2-1-3-16(17)20/h1-8,18,21-22,24H,9-13H2,(H,23,25). The molecule has 0 bridgehead atoms. The first-order chi connectivity index (χ1) is 12.7. The van der Waals surface area contributed by atoms with Crippen LogP contribution in [0.25, 0.3) is 0 Å². The number of rotatable bonds is 5. The average Bonchev–Trinajstić information content (AvgIpc) is 3.27. The van der Waals surface area contributed by atoms with Crippen molar-refractivity contribution in [3.63, 3.8) is 0 Å². The van der Waals surface area contributed by atoms with Crippen molar-refractivity contribution in [2.75, 3.05) is 36.9 Å². The average molecular weight is 353 g/mol. The fraction of sp³-hybridized carbons (Fsp3) is 0.350. The largest absolute Gasteiger partial charge is 0.491 e. The summed E-state index contributed by atoms with van der Waals surface area (Å²) in [7, 11) is 0. The highest BCUT2D eigenvalue weighted by molar-refractivity contribution is 5.95. The van der Waals surface area contributed by atoms with Gasteiger partial charge < -0.3 is 25.8 Å². The summed E-state index contributed by atoms with van der Waals surface area (Å²) >= 11 is 0. The van der Waals surface area contributed by atoms with Gasteiger partial charge in [-0.15, -0.1) is 0 Å².